The van der Waals surface area contributed by atoms with Gasteiger partial charge in [0.05, 0.1) is 12.2 Å². The molecule has 9 heteroatoms. The van der Waals surface area contributed by atoms with Crippen LogP contribution in [0.25, 0.3) is 22.5 Å². The molecule has 0 amide bonds. The smallest absolute Gasteiger partial charge is 0.303 e. The number of carbonyl (C=O) groups is 1. The second-order valence-electron chi connectivity index (χ2n) is 6.59. The molecule has 0 aliphatic rings. The first kappa shape index (κ1) is 20.7. The van der Waals surface area contributed by atoms with E-state index in [1.807, 2.05) is 6.92 Å². The van der Waals surface area contributed by atoms with Gasteiger partial charge in [-0.2, -0.15) is 0 Å². The third-order valence-corrected chi connectivity index (χ3v) is 4.54. The van der Waals surface area contributed by atoms with Crippen LogP contribution in [-0.4, -0.2) is 32.8 Å². The Hall–Kier alpha value is -4.01. The highest BCUT2D eigenvalue weighted by Crippen LogP contribution is 2.34. The van der Waals surface area contributed by atoms with Gasteiger partial charge in [0.1, 0.15) is 23.0 Å². The maximum Gasteiger partial charge on any atom is 0.303 e. The fraction of sp³-hybridized carbons (Fsp3) is 0.190. The summed E-state index contributed by atoms with van der Waals surface area (Å²) in [5.41, 5.74) is 13.2. The first-order valence-electron chi connectivity index (χ1n) is 9.26. The minimum Gasteiger partial charge on any atom is -0.508 e. The monoisotopic (exact) mass is 410 g/mol. The third-order valence-electron chi connectivity index (χ3n) is 4.54. The van der Waals surface area contributed by atoms with Gasteiger partial charge in [0.2, 0.25) is 0 Å². The topological polar surface area (TPSA) is 165 Å². The number of aliphatic carboxylic acids is 1. The molecule has 0 saturated heterocycles. The van der Waals surface area contributed by atoms with Crippen molar-refractivity contribution in [3.05, 3.63) is 52.3 Å². The molecule has 0 unspecified atom stereocenters. The van der Waals surface area contributed by atoms with Crippen LogP contribution in [0.2, 0.25) is 0 Å². The number of ether oxygens (including phenoxy) is 1. The number of nitrogens with two attached hydrogens (primary N) is 2. The number of hydrogen-bond acceptors (Lipinski definition) is 7. The molecule has 0 aliphatic carbocycles. The summed E-state index contributed by atoms with van der Waals surface area (Å²) >= 11 is 0. The molecule has 0 spiro atoms. The minimum absolute atomic E-state index is 0.0424. The maximum absolute atomic E-state index is 12.0. The Morgan fingerprint density at radius 3 is 2.53 bits per heavy atom. The fourth-order valence-electron chi connectivity index (χ4n) is 3.01. The summed E-state index contributed by atoms with van der Waals surface area (Å²) < 4.78 is 5.74. The van der Waals surface area contributed by atoms with Gasteiger partial charge in [-0.15, -0.1) is 0 Å². The number of nitrogen functional groups attached to an aromatic ring is 2. The molecule has 1 heterocycles. The molecule has 0 aliphatic heterocycles. The molecule has 0 fully saturated rings. The van der Waals surface area contributed by atoms with E-state index >= 15 is 0 Å². The van der Waals surface area contributed by atoms with Gasteiger partial charge < -0.3 is 31.4 Å². The molecule has 0 bridgehead atoms. The lowest BCUT2D eigenvalue weighted by atomic mass is 9.98. The Balaban J connectivity index is 2.05. The lowest BCUT2D eigenvalue weighted by molar-refractivity contribution is -0.136. The van der Waals surface area contributed by atoms with Crippen LogP contribution in [-0.2, 0) is 11.2 Å². The van der Waals surface area contributed by atoms with E-state index in [9.17, 15) is 14.7 Å². The average molecular weight is 410 g/mol. The second kappa shape index (κ2) is 8.56. The summed E-state index contributed by atoms with van der Waals surface area (Å²) in [5, 5.41) is 18.9. The molecule has 1 aromatic heterocycles. The number of phenols is 1. The number of hydrogen-bond donors (Lipinski definition) is 5. The summed E-state index contributed by atoms with van der Waals surface area (Å²) in [5.74, 6) is -0.258. The quantitative estimate of drug-likeness (QED) is 0.396. The number of aromatic hydroxyl groups is 1. The van der Waals surface area contributed by atoms with Crippen molar-refractivity contribution in [1.82, 2.24) is 9.97 Å². The van der Waals surface area contributed by atoms with E-state index in [0.717, 1.165) is 11.1 Å². The van der Waals surface area contributed by atoms with E-state index in [1.165, 1.54) is 6.07 Å². The summed E-state index contributed by atoms with van der Waals surface area (Å²) in [7, 11) is 0. The van der Waals surface area contributed by atoms with Crippen molar-refractivity contribution in [2.45, 2.75) is 19.8 Å². The van der Waals surface area contributed by atoms with Crippen LogP contribution in [0.1, 0.15) is 18.9 Å². The van der Waals surface area contributed by atoms with E-state index < -0.39 is 11.5 Å². The number of nitrogens with one attached hydrogen (secondary N) is 1. The Morgan fingerprint density at radius 2 is 1.87 bits per heavy atom. The zero-order chi connectivity index (χ0) is 21.8. The molecule has 7 N–H and O–H groups in total. The zero-order valence-electron chi connectivity index (χ0n) is 16.3. The number of benzene rings is 2. The molecule has 2 aromatic carbocycles. The van der Waals surface area contributed by atoms with Gasteiger partial charge in [-0.25, -0.2) is 4.98 Å². The molecular formula is C21H22N4O5. The van der Waals surface area contributed by atoms with Gasteiger partial charge >= 0.3 is 5.97 Å². The highest BCUT2D eigenvalue weighted by atomic mass is 16.5. The van der Waals surface area contributed by atoms with Crippen LogP contribution in [0.5, 0.6) is 11.5 Å². The standard InChI is InChI=1S/C21H22N4O5/c1-2-30-16-10-12(11-4-7-15(26)13(9-11)5-8-17(27)28)3-6-14(16)20-24-19(23)18(22)21(29)25-20/h3-4,6-7,9-10,26H,2,5,8,22H2,1H3,(H,27,28)(H3,23,24,25,29). The van der Waals surface area contributed by atoms with Crippen molar-refractivity contribution < 1.29 is 19.7 Å². The highest BCUT2D eigenvalue weighted by Gasteiger charge is 2.14. The van der Waals surface area contributed by atoms with Crippen LogP contribution >= 0.6 is 0 Å². The molecule has 0 atom stereocenters. The van der Waals surface area contributed by atoms with Crippen LogP contribution in [0.4, 0.5) is 11.5 Å². The number of anilines is 2. The third kappa shape index (κ3) is 4.35. The van der Waals surface area contributed by atoms with Crippen LogP contribution < -0.4 is 21.8 Å². The van der Waals surface area contributed by atoms with Gasteiger partial charge in [-0.05, 0) is 54.3 Å². The first-order chi connectivity index (χ1) is 14.3. The second-order valence-corrected chi connectivity index (χ2v) is 6.59. The Bertz CT molecular complexity index is 1160. The Morgan fingerprint density at radius 1 is 1.17 bits per heavy atom. The number of aromatic nitrogens is 2. The van der Waals surface area contributed by atoms with Crippen LogP contribution in [0, 0.1) is 0 Å². The summed E-state index contributed by atoms with van der Waals surface area (Å²) in [6, 6.07) is 10.3. The molecular weight excluding hydrogens is 388 g/mol. The normalized spacial score (nSPS) is 10.7. The number of carboxylic acids is 1. The first-order valence-corrected chi connectivity index (χ1v) is 9.26. The Kier molecular flexibility index (Phi) is 5.91. The van der Waals surface area contributed by atoms with Crippen molar-refractivity contribution >= 4 is 17.5 Å². The summed E-state index contributed by atoms with van der Waals surface area (Å²) in [4.78, 5) is 29.6. The molecule has 30 heavy (non-hydrogen) atoms. The lowest BCUT2D eigenvalue weighted by Gasteiger charge is -2.13. The molecule has 3 rings (SSSR count). The van der Waals surface area contributed by atoms with Crippen LogP contribution in [0.3, 0.4) is 0 Å². The predicted molar refractivity (Wildman–Crippen MR) is 113 cm³/mol. The number of phenolic OH excluding ortho intramolecular Hbond substituents is 1. The lowest BCUT2D eigenvalue weighted by Crippen LogP contribution is -2.17. The number of aromatic amines is 1. The van der Waals surface area contributed by atoms with E-state index in [0.29, 0.717) is 23.5 Å². The number of aryl methyl sites for hydroxylation is 1. The van der Waals surface area contributed by atoms with Crippen LogP contribution in [0.15, 0.2) is 41.2 Å². The van der Waals surface area contributed by atoms with Gasteiger partial charge in [0.25, 0.3) is 5.56 Å². The number of rotatable bonds is 7. The number of nitrogens with zero attached hydrogens (tertiary/aromatic N) is 1. The largest absolute Gasteiger partial charge is 0.508 e. The van der Waals surface area contributed by atoms with Crippen molar-refractivity contribution in [2.75, 3.05) is 18.1 Å². The number of H-pyrrole nitrogens is 1. The number of carboxylic acid groups (broad SMARTS) is 1. The zero-order valence-corrected chi connectivity index (χ0v) is 16.3. The van der Waals surface area contributed by atoms with E-state index in [1.54, 1.807) is 30.3 Å². The fourth-order valence-corrected chi connectivity index (χ4v) is 3.01. The highest BCUT2D eigenvalue weighted by molar-refractivity contribution is 5.75. The van der Waals surface area contributed by atoms with Gasteiger partial charge in [0, 0.05) is 6.42 Å². The van der Waals surface area contributed by atoms with Gasteiger partial charge in [0.15, 0.2) is 5.82 Å². The molecule has 9 nitrogen and oxygen atoms in total. The summed E-state index contributed by atoms with van der Waals surface area (Å²) in [6.45, 7) is 2.21. The van der Waals surface area contributed by atoms with E-state index in [-0.39, 0.29) is 35.9 Å². The van der Waals surface area contributed by atoms with Crippen molar-refractivity contribution in [2.24, 2.45) is 0 Å². The van der Waals surface area contributed by atoms with E-state index in [4.69, 9.17) is 21.3 Å². The van der Waals surface area contributed by atoms with Crippen molar-refractivity contribution in [3.63, 3.8) is 0 Å². The molecule has 0 radical (unpaired) electrons. The SMILES string of the molecule is CCOc1cc(-c2ccc(O)c(CCC(=O)O)c2)ccc1-c1nc(N)c(N)c(=O)[nH]1. The average Bonchev–Trinajstić information content (AvgIpc) is 2.71. The molecule has 0 saturated carbocycles. The Labute approximate surface area is 172 Å². The van der Waals surface area contributed by atoms with Gasteiger partial charge in [-0.3, -0.25) is 9.59 Å². The molecule has 3 aromatic rings. The molecule has 156 valence electrons. The van der Waals surface area contributed by atoms with Crippen molar-refractivity contribution in [1.29, 1.82) is 0 Å². The van der Waals surface area contributed by atoms with E-state index in [2.05, 4.69) is 9.97 Å². The van der Waals surface area contributed by atoms with Gasteiger partial charge in [-0.1, -0.05) is 12.1 Å². The minimum atomic E-state index is -0.938. The van der Waals surface area contributed by atoms with Crippen molar-refractivity contribution in [3.8, 4) is 34.0 Å². The predicted octanol–water partition coefficient (Wildman–Crippen LogP) is 2.39. The summed E-state index contributed by atoms with van der Waals surface area (Å²) in [6.07, 6.45) is 0.124. The maximum atomic E-state index is 12.0.